The number of nitrogens with zero attached hydrogens (tertiary/aromatic N) is 2. The molecule has 9 heteroatoms. The van der Waals surface area contributed by atoms with Gasteiger partial charge in [-0.15, -0.1) is 11.3 Å². The van der Waals surface area contributed by atoms with Gasteiger partial charge in [-0.1, -0.05) is 13.0 Å². The molecule has 2 aromatic rings. The molecule has 2 aromatic heterocycles. The second-order valence-electron chi connectivity index (χ2n) is 4.71. The van der Waals surface area contributed by atoms with Crippen LogP contribution in [0.15, 0.2) is 34.4 Å². The predicted molar refractivity (Wildman–Crippen MR) is 85.9 cm³/mol. The monoisotopic (exact) mass is 349 g/mol. The van der Waals surface area contributed by atoms with Crippen LogP contribution in [0.1, 0.15) is 33.5 Å². The largest absolute Gasteiger partial charge is 0.451 e. The van der Waals surface area contributed by atoms with Crippen molar-refractivity contribution in [1.82, 2.24) is 15.1 Å². The Balaban J connectivity index is 1.90. The van der Waals surface area contributed by atoms with Crippen LogP contribution in [0.3, 0.4) is 0 Å². The number of nitrogens with one attached hydrogen (secondary N) is 1. The lowest BCUT2D eigenvalue weighted by Crippen LogP contribution is -2.34. The molecule has 2 rings (SSSR count). The van der Waals surface area contributed by atoms with Crippen LogP contribution in [0, 0.1) is 0 Å². The molecule has 0 saturated heterocycles. The minimum Gasteiger partial charge on any atom is -0.451 e. The van der Waals surface area contributed by atoms with Crippen molar-refractivity contribution in [2.45, 2.75) is 19.9 Å². The number of ether oxygens (including phenoxy) is 1. The first-order valence-electron chi connectivity index (χ1n) is 7.14. The SMILES string of the molecule is CCCn1nc(C(=O)OCC(=O)NC(=O)c2cccs2)ccc1=O. The number of carbonyl (C=O) groups is 3. The second kappa shape index (κ2) is 8.16. The molecular weight excluding hydrogens is 334 g/mol. The lowest BCUT2D eigenvalue weighted by molar-refractivity contribution is -0.123. The highest BCUT2D eigenvalue weighted by Gasteiger charge is 2.15. The van der Waals surface area contributed by atoms with Crippen LogP contribution in [-0.4, -0.2) is 34.2 Å². The molecule has 0 aliphatic heterocycles. The summed E-state index contributed by atoms with van der Waals surface area (Å²) < 4.78 is 5.95. The molecule has 0 saturated carbocycles. The molecule has 0 unspecified atom stereocenters. The van der Waals surface area contributed by atoms with E-state index in [1.54, 1.807) is 17.5 Å². The van der Waals surface area contributed by atoms with Crippen molar-refractivity contribution < 1.29 is 19.1 Å². The van der Waals surface area contributed by atoms with E-state index >= 15 is 0 Å². The van der Waals surface area contributed by atoms with Gasteiger partial charge in [0.2, 0.25) is 0 Å². The smallest absolute Gasteiger partial charge is 0.359 e. The number of hydrogen-bond donors (Lipinski definition) is 1. The lowest BCUT2D eigenvalue weighted by Gasteiger charge is -2.06. The molecule has 1 N–H and O–H groups in total. The van der Waals surface area contributed by atoms with E-state index in [0.717, 1.165) is 4.68 Å². The van der Waals surface area contributed by atoms with Gasteiger partial charge in [0, 0.05) is 12.6 Å². The van der Waals surface area contributed by atoms with Crippen LogP contribution in [-0.2, 0) is 16.1 Å². The van der Waals surface area contributed by atoms with E-state index in [-0.39, 0.29) is 11.3 Å². The number of aromatic nitrogens is 2. The fraction of sp³-hybridized carbons (Fsp3) is 0.267. The Morgan fingerprint density at radius 1 is 1.29 bits per heavy atom. The molecule has 0 aromatic carbocycles. The first-order chi connectivity index (χ1) is 11.5. The minimum atomic E-state index is -0.849. The molecule has 0 spiro atoms. The lowest BCUT2D eigenvalue weighted by atomic mass is 10.4. The van der Waals surface area contributed by atoms with E-state index in [1.165, 1.54) is 23.5 Å². The van der Waals surface area contributed by atoms with Crippen molar-refractivity contribution in [3.8, 4) is 0 Å². The molecule has 0 aliphatic carbocycles. The van der Waals surface area contributed by atoms with Gasteiger partial charge >= 0.3 is 5.97 Å². The summed E-state index contributed by atoms with van der Waals surface area (Å²) in [7, 11) is 0. The Labute approximate surface area is 141 Å². The summed E-state index contributed by atoms with van der Waals surface area (Å²) in [6, 6.07) is 5.69. The average molecular weight is 349 g/mol. The van der Waals surface area contributed by atoms with Crippen LogP contribution in [0.2, 0.25) is 0 Å². The van der Waals surface area contributed by atoms with Gasteiger partial charge in [-0.25, -0.2) is 9.48 Å². The zero-order valence-corrected chi connectivity index (χ0v) is 13.7. The van der Waals surface area contributed by atoms with Crippen LogP contribution >= 0.6 is 11.3 Å². The van der Waals surface area contributed by atoms with Gasteiger partial charge in [-0.2, -0.15) is 5.10 Å². The third-order valence-electron chi connectivity index (χ3n) is 2.84. The van der Waals surface area contributed by atoms with E-state index in [1.807, 2.05) is 6.92 Å². The number of imide groups is 1. The van der Waals surface area contributed by atoms with Gasteiger partial charge in [-0.05, 0) is 23.9 Å². The summed E-state index contributed by atoms with van der Waals surface area (Å²) in [5.74, 6) is -2.15. The second-order valence-corrected chi connectivity index (χ2v) is 5.66. The van der Waals surface area contributed by atoms with E-state index in [0.29, 0.717) is 17.8 Å². The van der Waals surface area contributed by atoms with Crippen molar-refractivity contribution in [2.75, 3.05) is 6.61 Å². The summed E-state index contributed by atoms with van der Waals surface area (Å²) in [6.45, 7) is 1.62. The maximum atomic E-state index is 11.9. The summed E-state index contributed by atoms with van der Waals surface area (Å²) in [6.07, 6.45) is 0.679. The van der Waals surface area contributed by atoms with Crippen LogP contribution < -0.4 is 10.9 Å². The first-order valence-corrected chi connectivity index (χ1v) is 8.02. The van der Waals surface area contributed by atoms with Gasteiger partial charge < -0.3 is 4.74 Å². The van der Waals surface area contributed by atoms with E-state index in [9.17, 15) is 19.2 Å². The minimum absolute atomic E-state index is 0.0829. The third kappa shape index (κ3) is 4.59. The number of rotatable bonds is 6. The molecule has 0 radical (unpaired) electrons. The predicted octanol–water partition coefficient (Wildman–Crippen LogP) is 0.828. The first kappa shape index (κ1) is 17.5. The number of thiophene rings is 1. The standard InChI is InChI=1S/C15H15N3O5S/c1-2-7-18-13(20)6-5-10(17-18)15(22)23-9-12(19)16-14(21)11-4-3-8-24-11/h3-6,8H,2,7,9H2,1H3,(H,16,19,21). The number of hydrogen-bond acceptors (Lipinski definition) is 7. The summed E-state index contributed by atoms with van der Waals surface area (Å²) in [5.41, 5.74) is -0.409. The molecule has 0 atom stereocenters. The van der Waals surface area contributed by atoms with Crippen LogP contribution in [0.5, 0.6) is 0 Å². The Kier molecular flexibility index (Phi) is 5.96. The van der Waals surface area contributed by atoms with Crippen molar-refractivity contribution in [1.29, 1.82) is 0 Å². The molecule has 0 bridgehead atoms. The summed E-state index contributed by atoms with van der Waals surface area (Å²) in [5, 5.41) is 7.69. The zero-order valence-electron chi connectivity index (χ0n) is 12.9. The normalized spacial score (nSPS) is 10.2. The summed E-state index contributed by atoms with van der Waals surface area (Å²) in [4.78, 5) is 47.1. The van der Waals surface area contributed by atoms with Gasteiger partial charge in [0.1, 0.15) is 0 Å². The Hall–Kier alpha value is -2.81. The molecule has 8 nitrogen and oxygen atoms in total. The highest BCUT2D eigenvalue weighted by molar-refractivity contribution is 7.12. The number of amides is 2. The molecule has 126 valence electrons. The van der Waals surface area contributed by atoms with E-state index in [2.05, 4.69) is 10.4 Å². The third-order valence-corrected chi connectivity index (χ3v) is 3.71. The maximum absolute atomic E-state index is 11.9. The Bertz CT molecular complexity index is 798. The highest BCUT2D eigenvalue weighted by atomic mass is 32.1. The quantitative estimate of drug-likeness (QED) is 0.774. The topological polar surface area (TPSA) is 107 Å². The highest BCUT2D eigenvalue weighted by Crippen LogP contribution is 2.07. The molecule has 2 heterocycles. The average Bonchev–Trinajstić information content (AvgIpc) is 3.09. The van der Waals surface area contributed by atoms with Gasteiger partial charge in [0.05, 0.1) is 4.88 Å². The van der Waals surface area contributed by atoms with Gasteiger partial charge in [0.15, 0.2) is 12.3 Å². The van der Waals surface area contributed by atoms with Crippen LogP contribution in [0.4, 0.5) is 0 Å². The fourth-order valence-electron chi connectivity index (χ4n) is 1.77. The van der Waals surface area contributed by atoms with E-state index < -0.39 is 24.4 Å². The van der Waals surface area contributed by atoms with Crippen molar-refractivity contribution in [2.24, 2.45) is 0 Å². The van der Waals surface area contributed by atoms with Crippen LogP contribution in [0.25, 0.3) is 0 Å². The fourth-order valence-corrected chi connectivity index (χ4v) is 2.39. The number of carbonyl (C=O) groups excluding carboxylic acids is 3. The Morgan fingerprint density at radius 3 is 2.75 bits per heavy atom. The molecule has 0 fully saturated rings. The van der Waals surface area contributed by atoms with Gasteiger partial charge in [-0.3, -0.25) is 19.7 Å². The summed E-state index contributed by atoms with van der Waals surface area (Å²) >= 11 is 1.19. The van der Waals surface area contributed by atoms with Crippen molar-refractivity contribution in [3.63, 3.8) is 0 Å². The number of esters is 1. The molecule has 2 amide bonds. The molecular formula is C15H15N3O5S. The van der Waals surface area contributed by atoms with Gasteiger partial charge in [0.25, 0.3) is 17.4 Å². The zero-order chi connectivity index (χ0) is 17.5. The van der Waals surface area contributed by atoms with Crippen molar-refractivity contribution in [3.05, 3.63) is 50.6 Å². The maximum Gasteiger partial charge on any atom is 0.359 e. The number of aryl methyl sites for hydroxylation is 1. The van der Waals surface area contributed by atoms with E-state index in [4.69, 9.17) is 4.74 Å². The Morgan fingerprint density at radius 2 is 2.08 bits per heavy atom. The molecule has 0 aliphatic rings. The molecule has 24 heavy (non-hydrogen) atoms. The van der Waals surface area contributed by atoms with Crippen molar-refractivity contribution >= 4 is 29.1 Å².